The summed E-state index contributed by atoms with van der Waals surface area (Å²) in [6.07, 6.45) is 5.39. The minimum absolute atomic E-state index is 0.308. The Morgan fingerprint density at radius 1 is 0.833 bits per heavy atom. The zero-order chi connectivity index (χ0) is 16.6. The molecule has 0 unspecified atom stereocenters. The maximum absolute atomic E-state index is 12.8. The van der Waals surface area contributed by atoms with E-state index in [4.69, 9.17) is 0 Å². The van der Waals surface area contributed by atoms with Crippen molar-refractivity contribution < 1.29 is 8.42 Å². The third-order valence-corrected chi connectivity index (χ3v) is 6.36. The van der Waals surface area contributed by atoms with Gasteiger partial charge >= 0.3 is 0 Å². The lowest BCUT2D eigenvalue weighted by Crippen LogP contribution is -2.29. The van der Waals surface area contributed by atoms with Gasteiger partial charge < -0.3 is 4.90 Å². The van der Waals surface area contributed by atoms with Crippen LogP contribution in [0.5, 0.6) is 0 Å². The van der Waals surface area contributed by atoms with Gasteiger partial charge in [0.2, 0.25) is 0 Å². The Kier molecular flexibility index (Phi) is 3.81. The van der Waals surface area contributed by atoms with Crippen molar-refractivity contribution in [2.75, 3.05) is 18.0 Å². The average Bonchev–Trinajstić information content (AvgIpc) is 3.07. The lowest BCUT2D eigenvalue weighted by molar-refractivity contribution is 0.578. The van der Waals surface area contributed by atoms with E-state index in [-0.39, 0.29) is 0 Å². The quantitative estimate of drug-likeness (QED) is 0.727. The first kappa shape index (κ1) is 15.3. The second-order valence-electron chi connectivity index (χ2n) is 6.22. The van der Waals surface area contributed by atoms with Gasteiger partial charge in [0.1, 0.15) is 0 Å². The van der Waals surface area contributed by atoms with E-state index >= 15 is 0 Å². The van der Waals surface area contributed by atoms with Crippen LogP contribution >= 0.6 is 0 Å². The molecule has 5 heteroatoms. The summed E-state index contributed by atoms with van der Waals surface area (Å²) in [7, 11) is -3.56. The van der Waals surface area contributed by atoms with Gasteiger partial charge in [0, 0.05) is 30.4 Å². The fourth-order valence-corrected chi connectivity index (χ4v) is 4.74. The SMILES string of the molecule is O=S(=O)(c1ccccc1)n1ccc2cc(N3CCCCC3)ccc21. The van der Waals surface area contributed by atoms with Gasteiger partial charge in [-0.15, -0.1) is 0 Å². The van der Waals surface area contributed by atoms with Crippen molar-refractivity contribution >= 4 is 26.6 Å². The maximum Gasteiger partial charge on any atom is 0.268 e. The van der Waals surface area contributed by atoms with Crippen LogP contribution < -0.4 is 4.90 Å². The molecule has 0 aliphatic carbocycles. The van der Waals surface area contributed by atoms with Crippen molar-refractivity contribution in [2.45, 2.75) is 24.2 Å². The number of hydrogen-bond donors (Lipinski definition) is 0. The van der Waals surface area contributed by atoms with Crippen LogP contribution in [-0.2, 0) is 10.0 Å². The molecule has 0 N–H and O–H groups in total. The molecule has 1 saturated heterocycles. The highest BCUT2D eigenvalue weighted by molar-refractivity contribution is 7.90. The van der Waals surface area contributed by atoms with E-state index in [2.05, 4.69) is 11.0 Å². The molecule has 1 aliphatic rings. The van der Waals surface area contributed by atoms with Gasteiger partial charge in [0.05, 0.1) is 10.4 Å². The molecule has 0 saturated carbocycles. The Labute approximate surface area is 142 Å². The van der Waals surface area contributed by atoms with Crippen LogP contribution in [0.1, 0.15) is 19.3 Å². The van der Waals surface area contributed by atoms with Crippen molar-refractivity contribution in [3.05, 3.63) is 60.8 Å². The van der Waals surface area contributed by atoms with Crippen molar-refractivity contribution in [2.24, 2.45) is 0 Å². The van der Waals surface area contributed by atoms with Crippen LogP contribution in [-0.4, -0.2) is 25.5 Å². The van der Waals surface area contributed by atoms with Crippen LogP contribution in [0.25, 0.3) is 10.9 Å². The molecule has 0 bridgehead atoms. The van der Waals surface area contributed by atoms with Gasteiger partial charge in [0.15, 0.2) is 0 Å². The number of piperidine rings is 1. The summed E-state index contributed by atoms with van der Waals surface area (Å²) in [6.45, 7) is 2.16. The summed E-state index contributed by atoms with van der Waals surface area (Å²) in [5.41, 5.74) is 1.90. The van der Waals surface area contributed by atoms with Crippen molar-refractivity contribution in [3.8, 4) is 0 Å². The van der Waals surface area contributed by atoms with E-state index in [0.717, 1.165) is 24.0 Å². The molecule has 0 spiro atoms. The molecule has 124 valence electrons. The summed E-state index contributed by atoms with van der Waals surface area (Å²) in [5, 5.41) is 0.956. The summed E-state index contributed by atoms with van der Waals surface area (Å²) in [5.74, 6) is 0. The molecular weight excluding hydrogens is 320 g/mol. The number of anilines is 1. The molecule has 24 heavy (non-hydrogen) atoms. The van der Waals surface area contributed by atoms with Crippen molar-refractivity contribution in [1.29, 1.82) is 0 Å². The molecule has 4 nitrogen and oxygen atoms in total. The van der Waals surface area contributed by atoms with Crippen LogP contribution in [0.15, 0.2) is 65.7 Å². The lowest BCUT2D eigenvalue weighted by Gasteiger charge is -2.28. The Balaban J connectivity index is 1.76. The first-order chi connectivity index (χ1) is 11.7. The van der Waals surface area contributed by atoms with E-state index in [0.29, 0.717) is 4.90 Å². The average molecular weight is 340 g/mol. The minimum Gasteiger partial charge on any atom is -0.372 e. The van der Waals surface area contributed by atoms with Crippen LogP contribution in [0.2, 0.25) is 0 Å². The molecule has 2 heterocycles. The van der Waals surface area contributed by atoms with Crippen LogP contribution in [0, 0.1) is 0 Å². The van der Waals surface area contributed by atoms with Gasteiger partial charge in [-0.1, -0.05) is 18.2 Å². The number of aromatic nitrogens is 1. The fraction of sp³-hybridized carbons (Fsp3) is 0.263. The Morgan fingerprint density at radius 3 is 2.33 bits per heavy atom. The van der Waals surface area contributed by atoms with E-state index in [1.165, 1.54) is 28.9 Å². The monoisotopic (exact) mass is 340 g/mol. The summed E-state index contributed by atoms with van der Waals surface area (Å²) >= 11 is 0. The van der Waals surface area contributed by atoms with Crippen molar-refractivity contribution in [3.63, 3.8) is 0 Å². The zero-order valence-corrected chi connectivity index (χ0v) is 14.2. The Bertz CT molecular complexity index is 955. The Morgan fingerprint density at radius 2 is 1.58 bits per heavy atom. The molecule has 3 aromatic rings. The molecule has 2 aromatic carbocycles. The van der Waals surface area contributed by atoms with Crippen LogP contribution in [0.4, 0.5) is 5.69 Å². The predicted molar refractivity (Wildman–Crippen MR) is 97.0 cm³/mol. The molecular formula is C19H20N2O2S. The Hall–Kier alpha value is -2.27. The van der Waals surface area contributed by atoms with E-state index in [1.807, 2.05) is 24.3 Å². The number of hydrogen-bond acceptors (Lipinski definition) is 3. The largest absolute Gasteiger partial charge is 0.372 e. The minimum atomic E-state index is -3.56. The standard InChI is InChI=1S/C19H20N2O2S/c22-24(23,18-7-3-1-4-8-18)21-14-11-16-15-17(9-10-19(16)21)20-12-5-2-6-13-20/h1,3-4,7-11,14-15H,2,5-6,12-13H2. The van der Waals surface area contributed by atoms with Crippen LogP contribution in [0.3, 0.4) is 0 Å². The molecule has 1 aromatic heterocycles. The van der Waals surface area contributed by atoms with E-state index < -0.39 is 10.0 Å². The van der Waals surface area contributed by atoms with Gasteiger partial charge in [-0.05, 0) is 55.7 Å². The molecule has 4 rings (SSSR count). The third-order valence-electron chi connectivity index (χ3n) is 4.66. The lowest BCUT2D eigenvalue weighted by atomic mass is 10.1. The predicted octanol–water partition coefficient (Wildman–Crippen LogP) is 3.87. The first-order valence-electron chi connectivity index (χ1n) is 8.33. The van der Waals surface area contributed by atoms with Gasteiger partial charge in [-0.25, -0.2) is 12.4 Å². The highest BCUT2D eigenvalue weighted by Gasteiger charge is 2.19. The summed E-state index contributed by atoms with van der Waals surface area (Å²) in [4.78, 5) is 2.69. The maximum atomic E-state index is 12.8. The molecule has 0 radical (unpaired) electrons. The smallest absolute Gasteiger partial charge is 0.268 e. The molecule has 1 fully saturated rings. The fourth-order valence-electron chi connectivity index (χ4n) is 3.37. The number of rotatable bonds is 3. The van der Waals surface area contributed by atoms with E-state index in [9.17, 15) is 8.42 Å². The van der Waals surface area contributed by atoms with Gasteiger partial charge in [-0.2, -0.15) is 0 Å². The topological polar surface area (TPSA) is 42.3 Å². The van der Waals surface area contributed by atoms with Crippen molar-refractivity contribution in [1.82, 2.24) is 3.97 Å². The molecule has 0 atom stereocenters. The van der Waals surface area contributed by atoms with E-state index in [1.54, 1.807) is 30.5 Å². The van der Waals surface area contributed by atoms with Gasteiger partial charge in [0.25, 0.3) is 10.0 Å². The third kappa shape index (κ3) is 2.59. The number of fused-ring (bicyclic) bond motifs is 1. The number of nitrogens with zero attached hydrogens (tertiary/aromatic N) is 2. The molecule has 0 amide bonds. The summed E-state index contributed by atoms with van der Waals surface area (Å²) in [6, 6.07) is 16.5. The highest BCUT2D eigenvalue weighted by Crippen LogP contribution is 2.27. The second-order valence-corrected chi connectivity index (χ2v) is 8.04. The number of benzene rings is 2. The van der Waals surface area contributed by atoms with Gasteiger partial charge in [-0.3, -0.25) is 0 Å². The second kappa shape index (κ2) is 5.98. The summed E-state index contributed by atoms with van der Waals surface area (Å²) < 4.78 is 27.1. The zero-order valence-electron chi connectivity index (χ0n) is 13.4. The highest BCUT2D eigenvalue weighted by atomic mass is 32.2. The molecule has 1 aliphatic heterocycles. The normalized spacial score (nSPS) is 15.8. The first-order valence-corrected chi connectivity index (χ1v) is 9.77.